The van der Waals surface area contributed by atoms with Crippen LogP contribution in [0.1, 0.15) is 34.6 Å². The predicted octanol–water partition coefficient (Wildman–Crippen LogP) is 4.18. The summed E-state index contributed by atoms with van der Waals surface area (Å²) in [7, 11) is 1.43. The van der Waals surface area contributed by atoms with E-state index in [2.05, 4.69) is 15.7 Å². The van der Waals surface area contributed by atoms with Crippen LogP contribution in [0.15, 0.2) is 60.7 Å². The van der Waals surface area contributed by atoms with Crippen LogP contribution in [0.3, 0.4) is 0 Å². The number of rotatable bonds is 7. The van der Waals surface area contributed by atoms with Gasteiger partial charge >= 0.3 is 0 Å². The topological polar surface area (TPSA) is 76.0 Å². The summed E-state index contributed by atoms with van der Waals surface area (Å²) in [6, 6.07) is 17.3. The summed E-state index contributed by atoms with van der Waals surface area (Å²) < 4.78 is 26.5. The maximum absolute atomic E-state index is 12.7. The third-order valence-corrected chi connectivity index (χ3v) is 4.27. The number of hydrogen-bond donors (Lipinski definition) is 2. The Morgan fingerprint density at radius 1 is 1.00 bits per heavy atom. The summed E-state index contributed by atoms with van der Waals surface area (Å²) in [5, 5.41) is 9.04. The summed E-state index contributed by atoms with van der Waals surface area (Å²) in [6.07, 6.45) is -1.74. The largest absolute Gasteiger partial charge is 0.326 e. The minimum Gasteiger partial charge on any atom is -0.326 e. The molecular weight excluding hydrogens is 378 g/mol. The zero-order valence-electron chi connectivity index (χ0n) is 15.7. The number of benzene rings is 2. The van der Waals surface area contributed by atoms with Crippen molar-refractivity contribution in [2.24, 2.45) is 7.05 Å². The van der Waals surface area contributed by atoms with E-state index in [-0.39, 0.29) is 11.6 Å². The molecule has 0 aliphatic heterocycles. The zero-order valence-corrected chi connectivity index (χ0v) is 15.7. The number of halogens is 2. The first-order chi connectivity index (χ1) is 13.9. The fraction of sp³-hybridized carbons (Fsp3) is 0.190. The summed E-state index contributed by atoms with van der Waals surface area (Å²) in [5.74, 6) is -0.661. The molecule has 1 aromatic heterocycles. The molecule has 0 saturated carbocycles. The molecule has 150 valence electrons. The number of aryl methyl sites for hydroxylation is 2. The van der Waals surface area contributed by atoms with Gasteiger partial charge in [-0.25, -0.2) is 8.78 Å². The highest BCUT2D eigenvalue weighted by molar-refractivity contribution is 6.03. The molecule has 0 radical (unpaired) electrons. The maximum atomic E-state index is 12.7. The number of nitrogens with one attached hydrogen (secondary N) is 2. The maximum Gasteiger partial charge on any atom is 0.282 e. The van der Waals surface area contributed by atoms with E-state index >= 15 is 0 Å². The Hall–Kier alpha value is -3.55. The lowest BCUT2D eigenvalue weighted by molar-refractivity contribution is -0.116. The van der Waals surface area contributed by atoms with Gasteiger partial charge in [-0.05, 0) is 42.3 Å². The first-order valence-electron chi connectivity index (χ1n) is 8.99. The van der Waals surface area contributed by atoms with Crippen molar-refractivity contribution in [2.45, 2.75) is 19.3 Å². The molecule has 0 fully saturated rings. The second-order valence-electron chi connectivity index (χ2n) is 6.44. The fourth-order valence-electron chi connectivity index (χ4n) is 2.77. The van der Waals surface area contributed by atoms with Gasteiger partial charge < -0.3 is 10.6 Å². The Morgan fingerprint density at radius 3 is 2.21 bits per heavy atom. The van der Waals surface area contributed by atoms with E-state index in [1.165, 1.54) is 7.05 Å². The number of nitrogens with zero attached hydrogens (tertiary/aromatic N) is 2. The van der Waals surface area contributed by atoms with Crippen LogP contribution in [0, 0.1) is 0 Å². The van der Waals surface area contributed by atoms with E-state index in [0.29, 0.717) is 24.2 Å². The molecular formula is C21H20F2N4O2. The summed E-state index contributed by atoms with van der Waals surface area (Å²) in [6.45, 7) is 0. The predicted molar refractivity (Wildman–Crippen MR) is 106 cm³/mol. The van der Waals surface area contributed by atoms with Gasteiger partial charge in [0.25, 0.3) is 12.3 Å². The van der Waals surface area contributed by atoms with Crippen LogP contribution in [0.2, 0.25) is 0 Å². The molecule has 1 heterocycles. The number of amides is 2. The quantitative estimate of drug-likeness (QED) is 0.627. The second-order valence-corrected chi connectivity index (χ2v) is 6.44. The Bertz CT molecular complexity index is 986. The summed E-state index contributed by atoms with van der Waals surface area (Å²) in [4.78, 5) is 24.3. The van der Waals surface area contributed by atoms with Gasteiger partial charge in [-0.2, -0.15) is 5.10 Å². The van der Waals surface area contributed by atoms with E-state index in [0.717, 1.165) is 16.3 Å². The lowest BCUT2D eigenvalue weighted by Gasteiger charge is -2.08. The van der Waals surface area contributed by atoms with E-state index < -0.39 is 18.0 Å². The Kier molecular flexibility index (Phi) is 6.33. The van der Waals surface area contributed by atoms with Gasteiger partial charge in [0.2, 0.25) is 5.91 Å². The van der Waals surface area contributed by atoms with Gasteiger partial charge in [0.05, 0.1) is 0 Å². The van der Waals surface area contributed by atoms with Gasteiger partial charge in [-0.15, -0.1) is 0 Å². The number of aromatic nitrogens is 2. The van der Waals surface area contributed by atoms with Crippen molar-refractivity contribution in [2.75, 3.05) is 10.6 Å². The molecule has 0 unspecified atom stereocenters. The molecule has 0 saturated heterocycles. The molecule has 0 aliphatic carbocycles. The highest BCUT2D eigenvalue weighted by atomic mass is 19.3. The molecule has 2 N–H and O–H groups in total. The van der Waals surface area contributed by atoms with Crippen LogP contribution < -0.4 is 10.6 Å². The first-order valence-corrected chi connectivity index (χ1v) is 8.99. The van der Waals surface area contributed by atoms with Gasteiger partial charge in [0.15, 0.2) is 0 Å². The van der Waals surface area contributed by atoms with Crippen molar-refractivity contribution in [1.29, 1.82) is 0 Å². The lowest BCUT2D eigenvalue weighted by atomic mass is 10.1. The molecule has 2 aromatic carbocycles. The van der Waals surface area contributed by atoms with Crippen molar-refractivity contribution in [1.82, 2.24) is 9.78 Å². The van der Waals surface area contributed by atoms with Crippen LogP contribution in [0.25, 0.3) is 0 Å². The summed E-state index contributed by atoms with van der Waals surface area (Å²) in [5.41, 5.74) is 1.73. The number of hydrogen-bond acceptors (Lipinski definition) is 3. The Balaban J connectivity index is 1.54. The van der Waals surface area contributed by atoms with Crippen molar-refractivity contribution < 1.29 is 18.4 Å². The standard InChI is InChI=1S/C21H20F2N4O2/c1-27-18(13-17(26-27)20(22)23)21(29)25-16-10-8-15(9-11-16)24-19(28)12-7-14-5-3-2-4-6-14/h2-6,8-11,13,20H,7,12H2,1H3,(H,24,28)(H,25,29). The zero-order chi connectivity index (χ0) is 20.8. The van der Waals surface area contributed by atoms with Gasteiger partial charge in [0.1, 0.15) is 11.4 Å². The third-order valence-electron chi connectivity index (χ3n) is 4.27. The summed E-state index contributed by atoms with van der Waals surface area (Å²) >= 11 is 0. The Morgan fingerprint density at radius 2 is 1.62 bits per heavy atom. The number of carbonyl (C=O) groups excluding carboxylic acids is 2. The average Bonchev–Trinajstić information content (AvgIpc) is 3.11. The SMILES string of the molecule is Cn1nc(C(F)F)cc1C(=O)Nc1ccc(NC(=O)CCc2ccccc2)cc1. The number of anilines is 2. The van der Waals surface area contributed by atoms with Crippen molar-refractivity contribution in [3.05, 3.63) is 77.6 Å². The Labute approximate surface area is 166 Å². The minimum absolute atomic E-state index is 0.0265. The van der Waals surface area contributed by atoms with Crippen molar-refractivity contribution in [3.63, 3.8) is 0 Å². The molecule has 0 spiro atoms. The monoisotopic (exact) mass is 398 g/mol. The van der Waals surface area contributed by atoms with E-state index in [9.17, 15) is 18.4 Å². The molecule has 8 heteroatoms. The molecule has 3 rings (SSSR count). The smallest absolute Gasteiger partial charge is 0.282 e. The molecule has 29 heavy (non-hydrogen) atoms. The molecule has 0 atom stereocenters. The molecule has 2 amide bonds. The van der Waals surface area contributed by atoms with E-state index in [1.54, 1.807) is 24.3 Å². The van der Waals surface area contributed by atoms with Gasteiger partial charge in [-0.1, -0.05) is 30.3 Å². The lowest BCUT2D eigenvalue weighted by Crippen LogP contribution is -2.16. The van der Waals surface area contributed by atoms with Crippen LogP contribution in [-0.2, 0) is 18.3 Å². The van der Waals surface area contributed by atoms with Crippen LogP contribution in [0.4, 0.5) is 20.2 Å². The first kappa shape index (κ1) is 20.2. The van der Waals surface area contributed by atoms with Crippen LogP contribution in [0.5, 0.6) is 0 Å². The molecule has 6 nitrogen and oxygen atoms in total. The van der Waals surface area contributed by atoms with Gasteiger partial charge in [0, 0.05) is 24.8 Å². The fourth-order valence-corrected chi connectivity index (χ4v) is 2.77. The normalized spacial score (nSPS) is 10.8. The van der Waals surface area contributed by atoms with Gasteiger partial charge in [-0.3, -0.25) is 14.3 Å². The molecule has 3 aromatic rings. The minimum atomic E-state index is -2.74. The second kappa shape index (κ2) is 9.09. The van der Waals surface area contributed by atoms with Crippen molar-refractivity contribution >= 4 is 23.2 Å². The molecule has 0 aliphatic rings. The van der Waals surface area contributed by atoms with E-state index in [4.69, 9.17) is 0 Å². The highest BCUT2D eigenvalue weighted by Gasteiger charge is 2.18. The third kappa shape index (κ3) is 5.47. The number of carbonyl (C=O) groups is 2. The van der Waals surface area contributed by atoms with Crippen LogP contribution in [-0.4, -0.2) is 21.6 Å². The van der Waals surface area contributed by atoms with Crippen molar-refractivity contribution in [3.8, 4) is 0 Å². The van der Waals surface area contributed by atoms with E-state index in [1.807, 2.05) is 30.3 Å². The number of alkyl halides is 2. The van der Waals surface area contributed by atoms with Crippen LogP contribution >= 0.6 is 0 Å². The average molecular weight is 398 g/mol. The highest BCUT2D eigenvalue weighted by Crippen LogP contribution is 2.19. The molecule has 0 bridgehead atoms.